The average Bonchev–Trinajstić information content (AvgIpc) is 2.54. The maximum absolute atomic E-state index is 11.7. The molecule has 2 rings (SSSR count). The molecule has 2 N–H and O–H groups in total. The summed E-state index contributed by atoms with van der Waals surface area (Å²) in [6.07, 6.45) is 1.57. The Hall–Kier alpha value is -2.05. The van der Waals surface area contributed by atoms with Crippen LogP contribution in [0.5, 0.6) is 5.75 Å². The molecule has 0 atom stereocenters. The van der Waals surface area contributed by atoms with Crippen molar-refractivity contribution in [2.24, 2.45) is 5.10 Å². The van der Waals surface area contributed by atoms with Gasteiger partial charge in [0.2, 0.25) is 0 Å². The third kappa shape index (κ3) is 5.58. The predicted molar refractivity (Wildman–Crippen MR) is 96.4 cm³/mol. The third-order valence-electron chi connectivity index (χ3n) is 2.89. The molecule has 1 amide bonds. The second-order valence-electron chi connectivity index (χ2n) is 4.54. The number of ether oxygens (including phenoxy) is 1. The summed E-state index contributed by atoms with van der Waals surface area (Å²) in [6.45, 7) is 0.0974. The number of nitrogens with one attached hydrogen (secondary N) is 2. The quantitative estimate of drug-likeness (QED) is 0.578. The van der Waals surface area contributed by atoms with Crippen LogP contribution in [-0.2, 0) is 4.79 Å². The highest BCUT2D eigenvalue weighted by atomic mass is 79.9. The van der Waals surface area contributed by atoms with Crippen LogP contribution < -0.4 is 15.5 Å². The maximum atomic E-state index is 11.7. The minimum absolute atomic E-state index is 0.0974. The van der Waals surface area contributed by atoms with Gasteiger partial charge in [-0.1, -0.05) is 11.6 Å². The van der Waals surface area contributed by atoms with Gasteiger partial charge in [0.15, 0.2) is 0 Å². The molecule has 0 fully saturated rings. The summed E-state index contributed by atoms with van der Waals surface area (Å²) in [5.41, 5.74) is 4.10. The minimum atomic E-state index is -0.253. The summed E-state index contributed by atoms with van der Waals surface area (Å²) in [7, 11) is 1.61. The van der Waals surface area contributed by atoms with Crippen molar-refractivity contribution in [3.63, 3.8) is 0 Å². The van der Waals surface area contributed by atoms with Crippen LogP contribution in [0.25, 0.3) is 0 Å². The number of carbonyl (C=O) groups excluding carboxylic acids is 1. The molecule has 0 unspecified atom stereocenters. The van der Waals surface area contributed by atoms with Crippen molar-refractivity contribution in [3.8, 4) is 5.75 Å². The fourth-order valence-corrected chi connectivity index (χ4v) is 2.54. The Kier molecular flexibility index (Phi) is 6.43. The van der Waals surface area contributed by atoms with Crippen LogP contribution in [0.15, 0.2) is 52.0 Å². The van der Waals surface area contributed by atoms with E-state index in [2.05, 4.69) is 31.8 Å². The number of anilines is 1. The highest BCUT2D eigenvalue weighted by Crippen LogP contribution is 2.25. The number of methoxy groups -OCH3 is 1. The van der Waals surface area contributed by atoms with Crippen molar-refractivity contribution in [3.05, 3.63) is 57.5 Å². The molecule has 120 valence electrons. The van der Waals surface area contributed by atoms with E-state index in [1.807, 2.05) is 24.3 Å². The van der Waals surface area contributed by atoms with Gasteiger partial charge in [-0.15, -0.1) is 0 Å². The number of hydrazone groups is 1. The number of amides is 1. The van der Waals surface area contributed by atoms with Crippen LogP contribution in [0.2, 0.25) is 5.02 Å². The molecule has 0 bridgehead atoms. The Balaban J connectivity index is 1.81. The lowest BCUT2D eigenvalue weighted by atomic mass is 10.2. The molecule has 0 saturated heterocycles. The molecule has 23 heavy (non-hydrogen) atoms. The van der Waals surface area contributed by atoms with Crippen molar-refractivity contribution in [2.75, 3.05) is 19.0 Å². The van der Waals surface area contributed by atoms with E-state index in [-0.39, 0.29) is 12.5 Å². The second-order valence-corrected chi connectivity index (χ2v) is 5.83. The van der Waals surface area contributed by atoms with Crippen LogP contribution in [0, 0.1) is 0 Å². The summed E-state index contributed by atoms with van der Waals surface area (Å²) in [5.74, 6) is 0.514. The molecule has 0 heterocycles. The topological polar surface area (TPSA) is 62.7 Å². The molecular formula is C16H15BrClN3O2. The van der Waals surface area contributed by atoms with Gasteiger partial charge < -0.3 is 10.1 Å². The van der Waals surface area contributed by atoms with E-state index in [1.54, 1.807) is 31.5 Å². The largest absolute Gasteiger partial charge is 0.497 e. The van der Waals surface area contributed by atoms with Crippen LogP contribution in [-0.4, -0.2) is 25.8 Å². The number of rotatable bonds is 6. The van der Waals surface area contributed by atoms with Gasteiger partial charge in [0, 0.05) is 15.2 Å². The molecule has 7 heteroatoms. The Morgan fingerprint density at radius 2 is 2.04 bits per heavy atom. The van der Waals surface area contributed by atoms with Gasteiger partial charge >= 0.3 is 0 Å². The van der Waals surface area contributed by atoms with E-state index in [0.717, 1.165) is 21.5 Å². The van der Waals surface area contributed by atoms with E-state index < -0.39 is 0 Å². The van der Waals surface area contributed by atoms with Crippen molar-refractivity contribution in [1.82, 2.24) is 5.43 Å². The number of carbonyl (C=O) groups is 1. The summed E-state index contributed by atoms with van der Waals surface area (Å²) in [5, 5.41) is 7.52. The summed E-state index contributed by atoms with van der Waals surface area (Å²) < 4.78 is 5.86. The lowest BCUT2D eigenvalue weighted by Gasteiger charge is -2.07. The highest BCUT2D eigenvalue weighted by Gasteiger charge is 2.03. The van der Waals surface area contributed by atoms with Gasteiger partial charge in [-0.3, -0.25) is 4.79 Å². The molecule has 0 aromatic heterocycles. The first-order chi connectivity index (χ1) is 11.1. The summed E-state index contributed by atoms with van der Waals surface area (Å²) in [6, 6.07) is 12.6. The third-order valence-corrected chi connectivity index (χ3v) is 3.78. The zero-order valence-corrected chi connectivity index (χ0v) is 14.7. The van der Waals surface area contributed by atoms with E-state index in [1.165, 1.54) is 0 Å². The zero-order valence-electron chi connectivity index (χ0n) is 12.3. The number of hydrogen-bond acceptors (Lipinski definition) is 4. The monoisotopic (exact) mass is 395 g/mol. The molecule has 0 aliphatic heterocycles. The van der Waals surface area contributed by atoms with Gasteiger partial charge in [-0.05, 0) is 64.0 Å². The fourth-order valence-electron chi connectivity index (χ4n) is 1.72. The van der Waals surface area contributed by atoms with Gasteiger partial charge in [0.05, 0.1) is 19.9 Å². The smallest absolute Gasteiger partial charge is 0.259 e. The van der Waals surface area contributed by atoms with Crippen LogP contribution in [0.3, 0.4) is 0 Å². The molecular weight excluding hydrogens is 382 g/mol. The first-order valence-electron chi connectivity index (χ1n) is 6.73. The van der Waals surface area contributed by atoms with Crippen LogP contribution >= 0.6 is 27.5 Å². The van der Waals surface area contributed by atoms with Crippen LogP contribution in [0.1, 0.15) is 5.56 Å². The Morgan fingerprint density at radius 1 is 1.30 bits per heavy atom. The van der Waals surface area contributed by atoms with E-state index >= 15 is 0 Å². The number of hydrogen-bond donors (Lipinski definition) is 2. The molecule has 0 radical (unpaired) electrons. The van der Waals surface area contributed by atoms with Crippen molar-refractivity contribution >= 4 is 45.3 Å². The molecule has 5 nitrogen and oxygen atoms in total. The number of benzene rings is 2. The first-order valence-corrected chi connectivity index (χ1v) is 7.90. The number of nitrogens with zero attached hydrogens (tertiary/aromatic N) is 1. The van der Waals surface area contributed by atoms with E-state index in [9.17, 15) is 4.79 Å². The Labute approximate surface area is 147 Å². The molecule has 0 aliphatic rings. The van der Waals surface area contributed by atoms with Crippen LogP contribution in [0.4, 0.5) is 5.69 Å². The SMILES string of the molecule is COc1ccc(/C=N/NC(=O)CNc2ccc(Cl)cc2Br)cc1. The van der Waals surface area contributed by atoms with E-state index in [0.29, 0.717) is 5.02 Å². The predicted octanol–water partition coefficient (Wildman–Crippen LogP) is 3.67. The standard InChI is InChI=1S/C16H15BrClN3O2/c1-23-13-5-2-11(3-6-13)9-20-21-16(22)10-19-15-7-4-12(18)8-14(15)17/h2-9,19H,10H2,1H3,(H,21,22)/b20-9+. The number of halogens is 2. The average molecular weight is 397 g/mol. The van der Waals surface area contributed by atoms with Gasteiger partial charge in [0.1, 0.15) is 5.75 Å². The first kappa shape index (κ1) is 17.3. The Bertz CT molecular complexity index is 705. The van der Waals surface area contributed by atoms with Crippen molar-refractivity contribution in [2.45, 2.75) is 0 Å². The summed E-state index contributed by atoms with van der Waals surface area (Å²) >= 11 is 9.24. The molecule has 0 spiro atoms. The summed E-state index contributed by atoms with van der Waals surface area (Å²) in [4.78, 5) is 11.7. The normalized spacial score (nSPS) is 10.6. The minimum Gasteiger partial charge on any atom is -0.497 e. The van der Waals surface area contributed by atoms with E-state index in [4.69, 9.17) is 16.3 Å². The van der Waals surface area contributed by atoms with Gasteiger partial charge in [0.25, 0.3) is 5.91 Å². The molecule has 0 saturated carbocycles. The van der Waals surface area contributed by atoms with Gasteiger partial charge in [-0.2, -0.15) is 5.10 Å². The lowest BCUT2D eigenvalue weighted by molar-refractivity contribution is -0.119. The fraction of sp³-hybridized carbons (Fsp3) is 0.125. The maximum Gasteiger partial charge on any atom is 0.259 e. The van der Waals surface area contributed by atoms with Crippen molar-refractivity contribution < 1.29 is 9.53 Å². The molecule has 0 aliphatic carbocycles. The van der Waals surface area contributed by atoms with Gasteiger partial charge in [-0.25, -0.2) is 5.43 Å². The van der Waals surface area contributed by atoms with Crippen molar-refractivity contribution in [1.29, 1.82) is 0 Å². The lowest BCUT2D eigenvalue weighted by Crippen LogP contribution is -2.26. The Morgan fingerprint density at radius 3 is 2.70 bits per heavy atom. The highest BCUT2D eigenvalue weighted by molar-refractivity contribution is 9.10. The molecule has 2 aromatic carbocycles. The second kappa shape index (κ2) is 8.55. The zero-order chi connectivity index (χ0) is 16.7. The molecule has 2 aromatic rings.